The Morgan fingerprint density at radius 1 is 1.29 bits per heavy atom. The van der Waals surface area contributed by atoms with Crippen LogP contribution in [0.25, 0.3) is 11.4 Å². The summed E-state index contributed by atoms with van der Waals surface area (Å²) in [6.45, 7) is 6.05. The third kappa shape index (κ3) is 6.16. The van der Waals surface area contributed by atoms with E-state index in [9.17, 15) is 9.90 Å². The number of nitrogens with one attached hydrogen (secondary N) is 1. The molecule has 38 heavy (non-hydrogen) atoms. The van der Waals surface area contributed by atoms with Gasteiger partial charge in [0.05, 0.1) is 41.5 Å². The molecule has 10 nitrogen and oxygen atoms in total. The van der Waals surface area contributed by atoms with Gasteiger partial charge in [-0.3, -0.25) is 9.78 Å². The van der Waals surface area contributed by atoms with Crippen LogP contribution in [0.1, 0.15) is 61.8 Å². The molecule has 0 spiro atoms. The molecule has 0 saturated heterocycles. The molecule has 3 heterocycles. The Morgan fingerprint density at radius 3 is 2.68 bits per heavy atom. The van der Waals surface area contributed by atoms with Gasteiger partial charge in [0.25, 0.3) is 0 Å². The van der Waals surface area contributed by atoms with Crippen LogP contribution in [0.15, 0.2) is 34.5 Å². The van der Waals surface area contributed by atoms with E-state index in [1.807, 2.05) is 37.3 Å². The smallest absolute Gasteiger partial charge is 0.185 e. The Kier molecular flexibility index (Phi) is 9.01. The maximum absolute atomic E-state index is 12.0. The van der Waals surface area contributed by atoms with Crippen molar-refractivity contribution >= 4 is 35.4 Å². The monoisotopic (exact) mass is 534 g/mol. The molecule has 200 valence electrons. The molecule has 4 rings (SSSR count). The normalized spacial score (nSPS) is 14.3. The van der Waals surface area contributed by atoms with Crippen LogP contribution in [-0.4, -0.2) is 61.5 Å². The first-order valence-electron chi connectivity index (χ1n) is 12.7. The lowest BCUT2D eigenvalue weighted by molar-refractivity contribution is -0.102. The fraction of sp³-hybridized carbons (Fsp3) is 0.444. The molecule has 3 aromatic rings. The molecule has 1 aliphatic rings. The van der Waals surface area contributed by atoms with Gasteiger partial charge in [-0.05, 0) is 51.5 Å². The number of aldehydes is 1. The van der Waals surface area contributed by atoms with Gasteiger partial charge in [0.15, 0.2) is 23.8 Å². The van der Waals surface area contributed by atoms with Crippen molar-refractivity contribution in [1.82, 2.24) is 30.2 Å². The van der Waals surface area contributed by atoms with Crippen molar-refractivity contribution in [2.24, 2.45) is 4.99 Å². The van der Waals surface area contributed by atoms with E-state index in [0.717, 1.165) is 46.8 Å². The molecule has 0 amide bonds. The Bertz CT molecular complexity index is 1310. The van der Waals surface area contributed by atoms with E-state index in [0.29, 0.717) is 41.8 Å². The van der Waals surface area contributed by atoms with Gasteiger partial charge in [-0.25, -0.2) is 24.9 Å². The number of nitrogens with zero attached hydrogens (tertiary/aromatic N) is 7. The van der Waals surface area contributed by atoms with Crippen LogP contribution in [0.5, 0.6) is 0 Å². The van der Waals surface area contributed by atoms with Gasteiger partial charge in [-0.15, -0.1) is 11.8 Å². The molecule has 0 unspecified atom stereocenters. The maximum atomic E-state index is 12.0. The highest BCUT2D eigenvalue weighted by Gasteiger charge is 2.31. The zero-order valence-electron chi connectivity index (χ0n) is 22.5. The number of aliphatic imine (C=N–C) groups is 1. The predicted molar refractivity (Wildman–Crippen MR) is 150 cm³/mol. The van der Waals surface area contributed by atoms with Crippen molar-refractivity contribution in [2.75, 3.05) is 18.2 Å². The van der Waals surface area contributed by atoms with Gasteiger partial charge in [0.2, 0.25) is 0 Å². The summed E-state index contributed by atoms with van der Waals surface area (Å²) in [5.74, 6) is 1.45. The van der Waals surface area contributed by atoms with Crippen molar-refractivity contribution in [1.29, 1.82) is 0 Å². The van der Waals surface area contributed by atoms with E-state index in [-0.39, 0.29) is 18.5 Å². The first kappa shape index (κ1) is 27.6. The SMILES string of the molecule is CC[C@@H](C)N(C)c1nc(-c2c(C)ncnc2C2CC2)nc(CO)c1/N=C(\C=O)NCc1ccc(SC)cn1. The summed E-state index contributed by atoms with van der Waals surface area (Å²) in [6.07, 6.45) is 9.02. The Morgan fingerprint density at radius 2 is 2.08 bits per heavy atom. The molecule has 0 aliphatic heterocycles. The number of carbonyl (C=O) groups is 1. The Balaban J connectivity index is 1.78. The van der Waals surface area contributed by atoms with E-state index >= 15 is 0 Å². The third-order valence-corrected chi connectivity index (χ3v) is 7.47. The average molecular weight is 535 g/mol. The summed E-state index contributed by atoms with van der Waals surface area (Å²) in [4.78, 5) is 42.7. The minimum absolute atomic E-state index is 0.100. The molecule has 0 bridgehead atoms. The molecule has 2 N–H and O–H groups in total. The number of pyridine rings is 1. The molecule has 0 aromatic carbocycles. The molecule has 1 aliphatic carbocycles. The predicted octanol–water partition coefficient (Wildman–Crippen LogP) is 3.98. The standard InChI is InChI=1S/C27H34N8O2S/c1-6-16(2)35(4)27-25(33-22(14-37)29-11-19-9-10-20(38-5)12-28-19)21(13-36)32-26(34-27)23-17(3)30-15-31-24(23)18-7-8-18/h9-10,12,14-16,18,36H,6-8,11,13H2,1-5H3,(H,29,33)/t16-/m1/s1. The molecule has 3 aromatic heterocycles. The van der Waals surface area contributed by atoms with E-state index in [2.05, 4.69) is 39.1 Å². The lowest BCUT2D eigenvalue weighted by Crippen LogP contribution is -2.30. The highest BCUT2D eigenvalue weighted by atomic mass is 32.2. The van der Waals surface area contributed by atoms with Gasteiger partial charge >= 0.3 is 0 Å². The number of thioether (sulfide) groups is 1. The van der Waals surface area contributed by atoms with Gasteiger partial charge in [-0.2, -0.15) is 0 Å². The van der Waals surface area contributed by atoms with Crippen molar-refractivity contribution in [2.45, 2.75) is 70.0 Å². The number of rotatable bonds is 11. The van der Waals surface area contributed by atoms with Crippen molar-refractivity contribution < 1.29 is 9.90 Å². The number of carbonyl (C=O) groups excluding carboxylic acids is 1. The average Bonchev–Trinajstić information content (AvgIpc) is 3.80. The Hall–Kier alpha value is -3.44. The first-order valence-corrected chi connectivity index (χ1v) is 14.0. The highest BCUT2D eigenvalue weighted by Crippen LogP contribution is 2.44. The van der Waals surface area contributed by atoms with Crippen LogP contribution in [0.4, 0.5) is 11.5 Å². The van der Waals surface area contributed by atoms with Crippen LogP contribution < -0.4 is 10.2 Å². The molecule has 0 radical (unpaired) electrons. The second kappa shape index (κ2) is 12.4. The quantitative estimate of drug-likeness (QED) is 0.161. The van der Waals surface area contributed by atoms with E-state index in [4.69, 9.17) is 9.97 Å². The summed E-state index contributed by atoms with van der Waals surface area (Å²) in [6, 6.07) is 4.01. The van der Waals surface area contributed by atoms with Gasteiger partial charge < -0.3 is 15.3 Å². The van der Waals surface area contributed by atoms with Crippen LogP contribution in [0.2, 0.25) is 0 Å². The number of hydrogen-bond acceptors (Lipinski definition) is 10. The zero-order valence-corrected chi connectivity index (χ0v) is 23.3. The number of aliphatic hydroxyl groups is 1. The van der Waals surface area contributed by atoms with Crippen molar-refractivity contribution in [3.8, 4) is 11.4 Å². The number of hydrogen-bond donors (Lipinski definition) is 2. The fourth-order valence-electron chi connectivity index (χ4n) is 4.03. The van der Waals surface area contributed by atoms with Crippen molar-refractivity contribution in [3.63, 3.8) is 0 Å². The van der Waals surface area contributed by atoms with Crippen LogP contribution >= 0.6 is 11.8 Å². The molecular weight excluding hydrogens is 500 g/mol. The minimum Gasteiger partial charge on any atom is -0.390 e. The summed E-state index contributed by atoms with van der Waals surface area (Å²) >= 11 is 1.61. The van der Waals surface area contributed by atoms with Gasteiger partial charge in [0, 0.05) is 30.1 Å². The second-order valence-corrected chi connectivity index (χ2v) is 10.2. The van der Waals surface area contributed by atoms with E-state index in [1.165, 1.54) is 0 Å². The topological polar surface area (TPSA) is 129 Å². The molecule has 1 fully saturated rings. The van der Waals surface area contributed by atoms with Crippen LogP contribution in [0, 0.1) is 6.92 Å². The number of anilines is 1. The molecule has 11 heteroatoms. The fourth-order valence-corrected chi connectivity index (χ4v) is 4.40. The maximum Gasteiger partial charge on any atom is 0.185 e. The second-order valence-electron chi connectivity index (χ2n) is 9.34. The first-order chi connectivity index (χ1) is 18.4. The molecule has 1 saturated carbocycles. The minimum atomic E-state index is -0.370. The van der Waals surface area contributed by atoms with E-state index in [1.54, 1.807) is 24.3 Å². The zero-order chi connectivity index (χ0) is 27.2. The summed E-state index contributed by atoms with van der Waals surface area (Å²) in [5.41, 5.74) is 3.97. The Labute approximate surface area is 227 Å². The number of aromatic nitrogens is 5. The number of aliphatic hydroxyl groups excluding tert-OH is 1. The summed E-state index contributed by atoms with van der Waals surface area (Å²) in [7, 11) is 1.93. The third-order valence-electron chi connectivity index (χ3n) is 6.76. The van der Waals surface area contributed by atoms with Gasteiger partial charge in [0.1, 0.15) is 12.0 Å². The lowest BCUT2D eigenvalue weighted by Gasteiger charge is -2.27. The highest BCUT2D eigenvalue weighted by molar-refractivity contribution is 7.98. The van der Waals surface area contributed by atoms with E-state index < -0.39 is 0 Å². The van der Waals surface area contributed by atoms with Gasteiger partial charge in [-0.1, -0.05) is 6.92 Å². The van der Waals surface area contributed by atoms with Crippen LogP contribution in [0.3, 0.4) is 0 Å². The molecule has 1 atom stereocenters. The summed E-state index contributed by atoms with van der Waals surface area (Å²) < 4.78 is 0. The number of amidine groups is 1. The lowest BCUT2D eigenvalue weighted by atomic mass is 10.1. The number of aryl methyl sites for hydroxylation is 1. The summed E-state index contributed by atoms with van der Waals surface area (Å²) in [5, 5.41) is 13.4. The largest absolute Gasteiger partial charge is 0.390 e. The van der Waals surface area contributed by atoms with Crippen molar-refractivity contribution in [3.05, 3.63) is 47.4 Å². The molecular formula is C27H34N8O2S. The van der Waals surface area contributed by atoms with Crippen LogP contribution in [-0.2, 0) is 17.9 Å².